The molecule has 2 aromatic rings. The van der Waals surface area contributed by atoms with Crippen LogP contribution in [-0.2, 0) is 57.1 Å². The molecule has 16 atom stereocenters. The number of cyclic esters (lactones) is 1. The third-order valence-corrected chi connectivity index (χ3v) is 13.9. The molecule has 70 heavy (non-hydrogen) atoms. The van der Waals surface area contributed by atoms with Crippen molar-refractivity contribution < 1.29 is 72.4 Å². The van der Waals surface area contributed by atoms with Crippen LogP contribution in [0.5, 0.6) is 0 Å². The van der Waals surface area contributed by atoms with E-state index >= 15 is 0 Å². The number of benzene rings is 1. The van der Waals surface area contributed by atoms with E-state index in [9.17, 15) is 34.5 Å². The van der Waals surface area contributed by atoms with E-state index in [1.165, 1.54) is 14.0 Å². The molecule has 4 heterocycles. The summed E-state index contributed by atoms with van der Waals surface area (Å²) in [4.78, 5) is 61.0. The molecule has 0 bridgehead atoms. The predicted octanol–water partition coefficient (Wildman–Crippen LogP) is 4.47. The van der Waals surface area contributed by atoms with Crippen molar-refractivity contribution in [1.82, 2.24) is 14.8 Å². The summed E-state index contributed by atoms with van der Waals surface area (Å²) in [5, 5.41) is 36.4. The van der Waals surface area contributed by atoms with Gasteiger partial charge in [-0.25, -0.2) is 0 Å². The summed E-state index contributed by atoms with van der Waals surface area (Å²) in [6.07, 6.45) is -3.60. The molecule has 0 radical (unpaired) electrons. The summed E-state index contributed by atoms with van der Waals surface area (Å²) in [5.74, 6) is -3.88. The molecule has 18 nitrogen and oxygen atoms in total. The van der Waals surface area contributed by atoms with Crippen LogP contribution in [0.4, 0.5) is 0 Å². The fraction of sp³-hybridized carbons (Fsp3) is 0.712. The second kappa shape index (κ2) is 26.7. The number of rotatable bonds is 15. The summed E-state index contributed by atoms with van der Waals surface area (Å²) in [6.45, 7) is 11.2. The summed E-state index contributed by atoms with van der Waals surface area (Å²) in [6, 6.07) is 9.03. The Morgan fingerprint density at radius 1 is 1.03 bits per heavy atom. The Hall–Kier alpha value is -3.95. The zero-order valence-electron chi connectivity index (χ0n) is 42.7. The minimum absolute atomic E-state index is 0.0173. The number of likely N-dealkylation sites (N-methyl/N-ethyl adjacent to an activating group) is 2. The number of aldehydes is 1. The smallest absolute Gasteiger partial charge is 0.314 e. The quantitative estimate of drug-likeness (QED) is 0.127. The molecule has 1 aromatic heterocycles. The number of pyridine rings is 1. The zero-order chi connectivity index (χ0) is 51.3. The van der Waals surface area contributed by atoms with Crippen molar-refractivity contribution in [3.63, 3.8) is 0 Å². The first kappa shape index (κ1) is 57.0. The number of aliphatic hydroxyl groups is 3. The molecule has 0 aliphatic carbocycles. The third-order valence-electron chi connectivity index (χ3n) is 13.9. The Morgan fingerprint density at radius 2 is 1.79 bits per heavy atom. The van der Waals surface area contributed by atoms with E-state index in [0.717, 1.165) is 22.8 Å². The minimum Gasteiger partial charge on any atom is -0.466 e. The molecule has 0 saturated carbocycles. The summed E-state index contributed by atoms with van der Waals surface area (Å²) in [7, 11) is 6.82. The minimum atomic E-state index is -1.54. The maximum absolute atomic E-state index is 14.2. The maximum Gasteiger partial charge on any atom is 0.314 e. The average molecular weight is 986 g/mol. The van der Waals surface area contributed by atoms with Crippen molar-refractivity contribution in [3.8, 4) is 0 Å². The largest absolute Gasteiger partial charge is 0.466 e. The lowest BCUT2D eigenvalue weighted by Gasteiger charge is -2.50. The molecule has 0 unspecified atom stereocenters. The second-order valence-corrected chi connectivity index (χ2v) is 19.8. The number of fused-ring (bicyclic) bond motifs is 1. The summed E-state index contributed by atoms with van der Waals surface area (Å²) in [5.41, 5.74) is 0.297. The zero-order valence-corrected chi connectivity index (χ0v) is 42.7. The second-order valence-electron chi connectivity index (χ2n) is 19.8. The van der Waals surface area contributed by atoms with E-state index in [1.54, 1.807) is 52.9 Å². The van der Waals surface area contributed by atoms with E-state index in [-0.39, 0.29) is 38.2 Å². The molecular formula is C52H79N3O15. The van der Waals surface area contributed by atoms with Crippen molar-refractivity contribution in [3.05, 3.63) is 48.2 Å². The summed E-state index contributed by atoms with van der Waals surface area (Å²) >= 11 is 0. The van der Waals surface area contributed by atoms with Crippen molar-refractivity contribution in [2.75, 3.05) is 47.9 Å². The molecule has 3 aliphatic heterocycles. The predicted molar refractivity (Wildman–Crippen MR) is 259 cm³/mol. The fourth-order valence-corrected chi connectivity index (χ4v) is 10.2. The highest BCUT2D eigenvalue weighted by atomic mass is 16.7. The van der Waals surface area contributed by atoms with Crippen LogP contribution in [0, 0.1) is 17.8 Å². The van der Waals surface area contributed by atoms with Gasteiger partial charge in [0.15, 0.2) is 12.6 Å². The lowest BCUT2D eigenvalue weighted by Crippen LogP contribution is -2.65. The van der Waals surface area contributed by atoms with Gasteiger partial charge in [-0.2, -0.15) is 0 Å². The number of aliphatic hydroxyl groups excluding tert-OH is 2. The highest BCUT2D eigenvalue weighted by Crippen LogP contribution is 2.39. The molecule has 0 spiro atoms. The lowest BCUT2D eigenvalue weighted by molar-refractivity contribution is -0.340. The van der Waals surface area contributed by atoms with Crippen LogP contribution in [0.1, 0.15) is 98.5 Å². The highest BCUT2D eigenvalue weighted by Gasteiger charge is 2.54. The van der Waals surface area contributed by atoms with Crippen molar-refractivity contribution >= 4 is 41.2 Å². The molecule has 3 N–H and O–H groups in total. The van der Waals surface area contributed by atoms with Crippen LogP contribution in [0.15, 0.2) is 42.6 Å². The van der Waals surface area contributed by atoms with E-state index in [4.69, 9.17) is 37.9 Å². The first-order valence-corrected chi connectivity index (χ1v) is 24.9. The lowest BCUT2D eigenvalue weighted by atomic mass is 9.80. The van der Waals surface area contributed by atoms with Crippen LogP contribution in [0.2, 0.25) is 0 Å². The van der Waals surface area contributed by atoms with Crippen LogP contribution in [0.3, 0.4) is 0 Å². The van der Waals surface area contributed by atoms with Gasteiger partial charge in [0.2, 0.25) is 0 Å². The number of nitrogens with zero attached hydrogens (tertiary/aromatic N) is 3. The van der Waals surface area contributed by atoms with Gasteiger partial charge in [0, 0.05) is 50.9 Å². The number of carbonyl (C=O) groups excluding carboxylic acids is 4. The number of methoxy groups -OCH3 is 1. The third kappa shape index (κ3) is 15.3. The van der Waals surface area contributed by atoms with Gasteiger partial charge in [0.1, 0.15) is 42.7 Å². The van der Waals surface area contributed by atoms with E-state index in [1.807, 2.05) is 61.4 Å². The number of β-amino-alcohol motifs (C(OH)–C–C–N with tert-alkyl or cyclic N) is 1. The number of hydrogen-bond donors (Lipinski definition) is 3. The fourth-order valence-electron chi connectivity index (χ4n) is 10.2. The summed E-state index contributed by atoms with van der Waals surface area (Å²) < 4.78 is 49.5. The molecule has 0 amide bonds. The molecule has 3 aliphatic rings. The number of ether oxygens (including phenoxy) is 8. The molecule has 5 rings (SSSR count). The van der Waals surface area contributed by atoms with Crippen LogP contribution in [0.25, 0.3) is 17.0 Å². The van der Waals surface area contributed by atoms with E-state index < -0.39 is 115 Å². The molecule has 3 saturated heterocycles. The van der Waals surface area contributed by atoms with E-state index in [2.05, 4.69) is 4.98 Å². The SMILES string of the molecule is CCOC(=O)[C@H]1[C@H](C)O[C@@H](O[C@H]2[C@H](N(C)C)[C@@H](O)[C@H](O[C@H]3[C@@H](CC=O)C[C@@H](C)[C@@H](O)CN(C)CCC[C@H](C/C=C/c4ccc5ncccc5c4)OC(=O)C[C@@H](OC(=O)CC)[C@@H]3OC)O[C@@H]2C)C[C@@]1(C)O. The van der Waals surface area contributed by atoms with Crippen LogP contribution < -0.4 is 0 Å². The monoisotopic (exact) mass is 986 g/mol. The van der Waals surface area contributed by atoms with Gasteiger partial charge in [-0.15, -0.1) is 0 Å². The first-order chi connectivity index (χ1) is 33.3. The Labute approximate surface area is 413 Å². The van der Waals surface area contributed by atoms with Gasteiger partial charge in [-0.3, -0.25) is 19.4 Å². The maximum atomic E-state index is 14.2. The van der Waals surface area contributed by atoms with Crippen molar-refractivity contribution in [2.45, 2.75) is 172 Å². The van der Waals surface area contributed by atoms with Crippen LogP contribution >= 0.6 is 0 Å². The van der Waals surface area contributed by atoms with Gasteiger partial charge < -0.3 is 67.8 Å². The average Bonchev–Trinajstić information content (AvgIpc) is 3.29. The standard InChI is InChI=1S/C52H79N3O15/c1-11-41(58)68-40-28-42(59)67-37(18-13-16-34-20-21-38-35(27-34)17-14-23-53-38)19-15-24-55(9)30-39(57)31(3)26-36(22-25-56)48(49(40)63-10)70-51-46(60)45(54(7)8)47(33(5)66-51)69-43-29-52(6,62)44(32(4)65-43)50(61)64-12-2/h13-14,16-17,20-21,23,25,27,31-33,36-37,39-40,43-49,51,57,60,62H,11-12,15,18-19,22,24,26,28-30H2,1-10H3/b16-13+/t31-,32+,33-,36+,37+,39+,40-,43+,44-,45-,46-,47-,48+,49+,51+,52-/m1/s1. The molecule has 18 heteroatoms. The van der Waals surface area contributed by atoms with Crippen molar-refractivity contribution in [2.24, 2.45) is 17.8 Å². The van der Waals surface area contributed by atoms with Gasteiger partial charge >= 0.3 is 17.9 Å². The molecule has 1 aromatic carbocycles. The molecular weight excluding hydrogens is 907 g/mol. The Balaban J connectivity index is 1.45. The van der Waals surface area contributed by atoms with Crippen LogP contribution in [-0.4, -0.2) is 181 Å². The number of carbonyl (C=O) groups is 4. The van der Waals surface area contributed by atoms with Gasteiger partial charge in [0.25, 0.3) is 0 Å². The Kier molecular flexibility index (Phi) is 21.7. The highest BCUT2D eigenvalue weighted by molar-refractivity contribution is 5.81. The van der Waals surface area contributed by atoms with Gasteiger partial charge in [-0.1, -0.05) is 38.1 Å². The van der Waals surface area contributed by atoms with E-state index in [0.29, 0.717) is 32.4 Å². The van der Waals surface area contributed by atoms with Gasteiger partial charge in [0.05, 0.1) is 54.6 Å². The Morgan fingerprint density at radius 3 is 2.46 bits per heavy atom. The van der Waals surface area contributed by atoms with Gasteiger partial charge in [-0.05, 0) is 110 Å². The Bertz CT molecular complexity index is 2020. The number of hydrogen-bond acceptors (Lipinski definition) is 18. The van der Waals surface area contributed by atoms with Crippen molar-refractivity contribution in [1.29, 1.82) is 0 Å². The topological polar surface area (TPSA) is 222 Å². The number of esters is 3. The molecule has 392 valence electrons. The normalized spacial score (nSPS) is 35.6. The first-order valence-electron chi connectivity index (χ1n) is 24.9. The molecule has 3 fully saturated rings. The number of aromatic nitrogens is 1.